The number of benzene rings is 1. The van der Waals surface area contributed by atoms with E-state index in [-0.39, 0.29) is 5.69 Å². The molecule has 1 heterocycles. The first-order valence-corrected chi connectivity index (χ1v) is 4.14. The summed E-state index contributed by atoms with van der Waals surface area (Å²) in [7, 11) is 1.67. The number of hydrogen-bond acceptors (Lipinski definition) is 6. The van der Waals surface area contributed by atoms with E-state index < -0.39 is 4.92 Å². The molecule has 0 amide bonds. The molecule has 0 fully saturated rings. The molecule has 0 bridgehead atoms. The summed E-state index contributed by atoms with van der Waals surface area (Å²) in [6, 6.07) is 4.27. The van der Waals surface area contributed by atoms with Crippen LogP contribution in [0.1, 0.15) is 0 Å². The fourth-order valence-electron chi connectivity index (χ4n) is 1.10. The van der Waals surface area contributed by atoms with Crippen molar-refractivity contribution >= 4 is 23.4 Å². The molecule has 0 atom stereocenters. The summed E-state index contributed by atoms with van der Waals surface area (Å²) in [6.07, 6.45) is 1.49. The lowest BCUT2D eigenvalue weighted by Crippen LogP contribution is -2.04. The Morgan fingerprint density at radius 3 is 2.93 bits per heavy atom. The first-order chi connectivity index (χ1) is 7.16. The Morgan fingerprint density at radius 2 is 2.20 bits per heavy atom. The molecule has 1 aromatic rings. The molecule has 1 aliphatic rings. The zero-order valence-corrected chi connectivity index (χ0v) is 7.86. The van der Waals surface area contributed by atoms with E-state index in [2.05, 4.69) is 15.3 Å². The monoisotopic (exact) mass is 205 g/mol. The van der Waals surface area contributed by atoms with Crippen LogP contribution in [0.2, 0.25) is 0 Å². The van der Waals surface area contributed by atoms with Crippen LogP contribution in [0.25, 0.3) is 0 Å². The normalized spacial score (nSPS) is 13.5. The van der Waals surface area contributed by atoms with Crippen molar-refractivity contribution in [1.29, 1.82) is 0 Å². The number of nitrogens with zero attached hydrogens (tertiary/aromatic N) is 5. The fourth-order valence-corrected chi connectivity index (χ4v) is 1.10. The van der Waals surface area contributed by atoms with Crippen LogP contribution in [0.4, 0.5) is 17.1 Å². The van der Waals surface area contributed by atoms with Crippen LogP contribution in [0.3, 0.4) is 0 Å². The summed E-state index contributed by atoms with van der Waals surface area (Å²) < 4.78 is 0. The largest absolute Gasteiger partial charge is 0.271 e. The standard InChI is InChI=1S/C8H7N5O2/c1-12-5-9-7-3-2-6(13(14)15)4-8(7)10-11-12/h2-5H,1H3. The second kappa shape index (κ2) is 3.45. The minimum absolute atomic E-state index is 0.0209. The molecule has 7 heteroatoms. The maximum Gasteiger partial charge on any atom is 0.271 e. The fraction of sp³-hybridized carbons (Fsp3) is 0.125. The van der Waals surface area contributed by atoms with Crippen LogP contribution < -0.4 is 0 Å². The van der Waals surface area contributed by atoms with E-state index >= 15 is 0 Å². The van der Waals surface area contributed by atoms with Gasteiger partial charge in [0.2, 0.25) is 0 Å². The quantitative estimate of drug-likeness (QED) is 0.520. The second-order valence-corrected chi connectivity index (χ2v) is 2.94. The van der Waals surface area contributed by atoms with Crippen LogP contribution in [0.15, 0.2) is 33.5 Å². The van der Waals surface area contributed by atoms with Gasteiger partial charge < -0.3 is 0 Å². The van der Waals surface area contributed by atoms with E-state index in [0.29, 0.717) is 11.4 Å². The summed E-state index contributed by atoms with van der Waals surface area (Å²) >= 11 is 0. The van der Waals surface area contributed by atoms with Crippen molar-refractivity contribution in [2.24, 2.45) is 15.3 Å². The van der Waals surface area contributed by atoms with Gasteiger partial charge in [0.25, 0.3) is 5.69 Å². The van der Waals surface area contributed by atoms with Gasteiger partial charge in [0.05, 0.1) is 10.6 Å². The van der Waals surface area contributed by atoms with Crippen molar-refractivity contribution in [3.63, 3.8) is 0 Å². The molecule has 0 saturated heterocycles. The molecule has 76 valence electrons. The lowest BCUT2D eigenvalue weighted by atomic mass is 10.2. The second-order valence-electron chi connectivity index (χ2n) is 2.94. The molecule has 0 aliphatic carbocycles. The molecular weight excluding hydrogens is 198 g/mol. The number of aliphatic imine (C=N–C) groups is 1. The topological polar surface area (TPSA) is 83.5 Å². The van der Waals surface area contributed by atoms with Gasteiger partial charge in [-0.05, 0) is 6.07 Å². The zero-order valence-electron chi connectivity index (χ0n) is 7.86. The number of nitro benzene ring substituents is 1. The highest BCUT2D eigenvalue weighted by Gasteiger charge is 2.11. The van der Waals surface area contributed by atoms with Gasteiger partial charge in [0.1, 0.15) is 12.0 Å². The van der Waals surface area contributed by atoms with Crippen LogP contribution in [0, 0.1) is 10.1 Å². The first-order valence-electron chi connectivity index (χ1n) is 4.14. The van der Waals surface area contributed by atoms with Crippen molar-refractivity contribution in [2.45, 2.75) is 0 Å². The first kappa shape index (κ1) is 9.25. The summed E-state index contributed by atoms with van der Waals surface area (Å²) in [6.45, 7) is 0. The zero-order chi connectivity index (χ0) is 10.8. The van der Waals surface area contributed by atoms with E-state index in [1.165, 1.54) is 23.5 Å². The van der Waals surface area contributed by atoms with Crippen molar-refractivity contribution in [3.8, 4) is 0 Å². The highest BCUT2D eigenvalue weighted by molar-refractivity contribution is 5.72. The predicted octanol–water partition coefficient (Wildman–Crippen LogP) is 2.20. The van der Waals surface area contributed by atoms with Gasteiger partial charge in [0.15, 0.2) is 0 Å². The van der Waals surface area contributed by atoms with Crippen molar-refractivity contribution in [1.82, 2.24) is 5.01 Å². The highest BCUT2D eigenvalue weighted by Crippen LogP contribution is 2.32. The number of rotatable bonds is 1. The van der Waals surface area contributed by atoms with E-state index in [1.54, 1.807) is 13.1 Å². The van der Waals surface area contributed by atoms with Crippen molar-refractivity contribution < 1.29 is 4.92 Å². The van der Waals surface area contributed by atoms with Gasteiger partial charge in [-0.25, -0.2) is 10.0 Å². The summed E-state index contributed by atoms with van der Waals surface area (Å²) in [5.41, 5.74) is 0.936. The van der Waals surface area contributed by atoms with Crippen molar-refractivity contribution in [2.75, 3.05) is 7.05 Å². The molecule has 0 spiro atoms. The third-order valence-electron chi connectivity index (χ3n) is 1.83. The highest BCUT2D eigenvalue weighted by atomic mass is 16.6. The minimum Gasteiger partial charge on any atom is -0.258 e. The predicted molar refractivity (Wildman–Crippen MR) is 53.5 cm³/mol. The molecule has 0 N–H and O–H groups in total. The Hall–Kier alpha value is -2.31. The van der Waals surface area contributed by atoms with Gasteiger partial charge in [0, 0.05) is 19.2 Å². The molecular formula is C8H7N5O2. The van der Waals surface area contributed by atoms with Gasteiger partial charge in [-0.1, -0.05) is 5.22 Å². The SMILES string of the molecule is CN1C=Nc2ccc([N+](=O)[O-])cc2N=N1. The smallest absolute Gasteiger partial charge is 0.258 e. The third kappa shape index (κ3) is 1.80. The molecule has 1 aromatic carbocycles. The van der Waals surface area contributed by atoms with Gasteiger partial charge in [-0.3, -0.25) is 10.1 Å². The number of fused-ring (bicyclic) bond motifs is 1. The Labute approximate surface area is 84.9 Å². The summed E-state index contributed by atoms with van der Waals surface area (Å²) in [5, 5.41) is 19.5. The molecule has 0 aromatic heterocycles. The van der Waals surface area contributed by atoms with Crippen LogP contribution >= 0.6 is 0 Å². The Bertz CT molecular complexity index is 468. The van der Waals surface area contributed by atoms with E-state index in [0.717, 1.165) is 0 Å². The lowest BCUT2D eigenvalue weighted by molar-refractivity contribution is -0.384. The minimum atomic E-state index is -0.478. The number of non-ortho nitro benzene ring substituents is 1. The van der Waals surface area contributed by atoms with Gasteiger partial charge >= 0.3 is 0 Å². The van der Waals surface area contributed by atoms with E-state index in [1.807, 2.05) is 0 Å². The number of hydrogen-bond donors (Lipinski definition) is 0. The molecule has 1 aliphatic heterocycles. The van der Waals surface area contributed by atoms with Crippen molar-refractivity contribution in [3.05, 3.63) is 28.3 Å². The molecule has 0 unspecified atom stereocenters. The van der Waals surface area contributed by atoms with Gasteiger partial charge in [-0.2, -0.15) is 0 Å². The van der Waals surface area contributed by atoms with Crippen LogP contribution in [-0.2, 0) is 0 Å². The molecule has 7 nitrogen and oxygen atoms in total. The van der Waals surface area contributed by atoms with E-state index in [9.17, 15) is 10.1 Å². The van der Waals surface area contributed by atoms with Crippen LogP contribution in [0.5, 0.6) is 0 Å². The molecule has 0 saturated carbocycles. The average molecular weight is 205 g/mol. The molecule has 15 heavy (non-hydrogen) atoms. The van der Waals surface area contributed by atoms with Gasteiger partial charge in [-0.15, -0.1) is 5.11 Å². The summed E-state index contributed by atoms with van der Waals surface area (Å²) in [5.74, 6) is 0. The Morgan fingerprint density at radius 1 is 1.40 bits per heavy atom. The number of nitro groups is 1. The maximum absolute atomic E-state index is 10.5. The van der Waals surface area contributed by atoms with E-state index in [4.69, 9.17) is 0 Å². The lowest BCUT2D eigenvalue weighted by Gasteiger charge is -1.97. The maximum atomic E-state index is 10.5. The molecule has 2 rings (SSSR count). The average Bonchev–Trinajstić information content (AvgIpc) is 2.40. The third-order valence-corrected chi connectivity index (χ3v) is 1.83. The Kier molecular flexibility index (Phi) is 2.13. The summed E-state index contributed by atoms with van der Waals surface area (Å²) in [4.78, 5) is 14.1. The Balaban J connectivity index is 2.50. The molecule has 0 radical (unpaired) electrons. The van der Waals surface area contributed by atoms with Crippen LogP contribution in [-0.4, -0.2) is 23.3 Å².